The molecule has 3 aromatic rings. The minimum Gasteiger partial charge on any atom is -0.370 e. The van der Waals surface area contributed by atoms with Gasteiger partial charge >= 0.3 is 6.18 Å². The molecule has 0 radical (unpaired) electrons. The Balaban J connectivity index is 1.52. The topological polar surface area (TPSA) is 106 Å². The Kier molecular flexibility index (Phi) is 6.27. The van der Waals surface area contributed by atoms with Gasteiger partial charge in [0.2, 0.25) is 5.91 Å². The monoisotopic (exact) mass is 472 g/mol. The fourth-order valence-corrected chi connectivity index (χ4v) is 3.99. The van der Waals surface area contributed by atoms with Crippen LogP contribution >= 0.6 is 0 Å². The lowest BCUT2D eigenvalue weighted by atomic mass is 9.96. The van der Waals surface area contributed by atoms with E-state index in [2.05, 4.69) is 20.3 Å². The van der Waals surface area contributed by atoms with E-state index in [9.17, 15) is 22.8 Å². The number of nitrogens with two attached hydrogens (primary N) is 1. The van der Waals surface area contributed by atoms with E-state index in [0.717, 1.165) is 18.0 Å². The number of nitrogens with zero attached hydrogens (tertiary/aromatic N) is 4. The predicted octanol–water partition coefficient (Wildman–Crippen LogP) is 3.55. The predicted molar refractivity (Wildman–Crippen MR) is 120 cm³/mol. The molecule has 11 heteroatoms. The summed E-state index contributed by atoms with van der Waals surface area (Å²) in [6, 6.07) is 9.46. The number of primary amides is 1. The first-order chi connectivity index (χ1) is 16.1. The van der Waals surface area contributed by atoms with Gasteiger partial charge in [-0.1, -0.05) is 12.1 Å². The van der Waals surface area contributed by atoms with Crippen LogP contribution in [0.3, 0.4) is 0 Å². The molecular weight excluding hydrogens is 449 g/mol. The molecule has 178 valence electrons. The summed E-state index contributed by atoms with van der Waals surface area (Å²) < 4.78 is 39.7. The van der Waals surface area contributed by atoms with Crippen molar-refractivity contribution in [2.75, 3.05) is 23.3 Å². The maximum atomic E-state index is 13.0. The van der Waals surface area contributed by atoms with Gasteiger partial charge in [-0.25, -0.2) is 9.67 Å². The number of benzene rings is 1. The number of carbonyl (C=O) groups excluding carboxylic acids is 2. The van der Waals surface area contributed by atoms with Gasteiger partial charge < -0.3 is 16.0 Å². The van der Waals surface area contributed by atoms with Crippen molar-refractivity contribution in [2.45, 2.75) is 25.9 Å². The number of alkyl halides is 3. The number of anilines is 2. The summed E-state index contributed by atoms with van der Waals surface area (Å²) in [5.41, 5.74) is 6.69. The molecule has 34 heavy (non-hydrogen) atoms. The second kappa shape index (κ2) is 9.16. The molecule has 0 bridgehead atoms. The molecule has 1 aromatic carbocycles. The molecule has 0 spiro atoms. The van der Waals surface area contributed by atoms with Gasteiger partial charge in [-0.15, -0.1) is 0 Å². The molecule has 0 atom stereocenters. The van der Waals surface area contributed by atoms with Crippen LogP contribution in [0.4, 0.5) is 24.5 Å². The van der Waals surface area contributed by atoms with Crippen LogP contribution in [0.2, 0.25) is 0 Å². The Morgan fingerprint density at radius 3 is 2.41 bits per heavy atom. The van der Waals surface area contributed by atoms with Gasteiger partial charge in [0.15, 0.2) is 5.82 Å². The Hall–Kier alpha value is -3.89. The van der Waals surface area contributed by atoms with Crippen molar-refractivity contribution >= 4 is 23.2 Å². The number of aromatic nitrogens is 3. The van der Waals surface area contributed by atoms with Gasteiger partial charge in [0, 0.05) is 25.2 Å². The first-order valence-corrected chi connectivity index (χ1v) is 10.7. The molecule has 2 amide bonds. The van der Waals surface area contributed by atoms with Crippen molar-refractivity contribution in [3.63, 3.8) is 0 Å². The third-order valence-corrected chi connectivity index (χ3v) is 5.94. The summed E-state index contributed by atoms with van der Waals surface area (Å²) in [5.74, 6) is -0.682. The zero-order valence-electron chi connectivity index (χ0n) is 18.3. The molecule has 0 aliphatic carbocycles. The summed E-state index contributed by atoms with van der Waals surface area (Å²) in [6.07, 6.45) is -1.12. The Morgan fingerprint density at radius 2 is 1.79 bits per heavy atom. The smallest absolute Gasteiger partial charge is 0.370 e. The van der Waals surface area contributed by atoms with Crippen LogP contribution in [0.15, 0.2) is 48.8 Å². The molecule has 1 fully saturated rings. The van der Waals surface area contributed by atoms with E-state index in [1.165, 1.54) is 16.9 Å². The van der Waals surface area contributed by atoms with Gasteiger partial charge in [-0.2, -0.15) is 18.3 Å². The van der Waals surface area contributed by atoms with Crippen LogP contribution in [0.1, 0.15) is 34.5 Å². The molecule has 3 N–H and O–H groups in total. The fraction of sp³-hybridized carbons (Fsp3) is 0.304. The van der Waals surface area contributed by atoms with E-state index in [4.69, 9.17) is 5.73 Å². The number of carbonyl (C=O) groups is 2. The Morgan fingerprint density at radius 1 is 1.09 bits per heavy atom. The van der Waals surface area contributed by atoms with E-state index >= 15 is 0 Å². The lowest BCUT2D eigenvalue weighted by Gasteiger charge is -2.33. The molecule has 1 aliphatic rings. The highest BCUT2D eigenvalue weighted by atomic mass is 19.4. The SMILES string of the molecule is Cc1c(C(=O)Nc2ccccc2N2CCC(C(N)=O)CC2)cnn1-c1ccc(C(F)(F)F)cn1. The van der Waals surface area contributed by atoms with E-state index in [-0.39, 0.29) is 23.2 Å². The zero-order valence-corrected chi connectivity index (χ0v) is 18.3. The van der Waals surface area contributed by atoms with E-state index in [0.29, 0.717) is 37.3 Å². The molecule has 2 aromatic heterocycles. The van der Waals surface area contributed by atoms with Crippen LogP contribution < -0.4 is 16.0 Å². The van der Waals surface area contributed by atoms with Crippen LogP contribution in [-0.2, 0) is 11.0 Å². The molecule has 1 aliphatic heterocycles. The van der Waals surface area contributed by atoms with Crippen LogP contribution in [0.5, 0.6) is 0 Å². The van der Waals surface area contributed by atoms with E-state index in [1.54, 1.807) is 19.1 Å². The second-order valence-electron chi connectivity index (χ2n) is 8.09. The highest BCUT2D eigenvalue weighted by molar-refractivity contribution is 6.06. The standard InChI is InChI=1S/C23H23F3N6O2/c1-14-17(13-29-32(14)20-7-6-16(12-28-20)23(24,25)26)22(34)30-18-4-2-3-5-19(18)31-10-8-15(9-11-31)21(27)33/h2-7,12-13,15H,8-11H2,1H3,(H2,27,33)(H,30,34). The minimum absolute atomic E-state index is 0.148. The lowest BCUT2D eigenvalue weighted by Crippen LogP contribution is -2.38. The number of hydrogen-bond acceptors (Lipinski definition) is 5. The summed E-state index contributed by atoms with van der Waals surface area (Å²) in [7, 11) is 0. The molecular formula is C23H23F3N6O2. The number of pyridine rings is 1. The van der Waals surface area contributed by atoms with E-state index < -0.39 is 17.6 Å². The number of piperidine rings is 1. The molecule has 0 unspecified atom stereocenters. The highest BCUT2D eigenvalue weighted by Gasteiger charge is 2.31. The van der Waals surface area contributed by atoms with Crippen molar-refractivity contribution in [3.05, 3.63) is 65.6 Å². The van der Waals surface area contributed by atoms with Crippen molar-refractivity contribution in [2.24, 2.45) is 11.7 Å². The average Bonchev–Trinajstić information content (AvgIpc) is 3.20. The summed E-state index contributed by atoms with van der Waals surface area (Å²) in [4.78, 5) is 30.4. The van der Waals surface area contributed by atoms with Gasteiger partial charge in [0.25, 0.3) is 5.91 Å². The molecule has 8 nitrogen and oxygen atoms in total. The maximum Gasteiger partial charge on any atom is 0.417 e. The van der Waals surface area contributed by atoms with Crippen molar-refractivity contribution in [1.82, 2.24) is 14.8 Å². The molecule has 1 saturated heterocycles. The zero-order chi connectivity index (χ0) is 24.5. The third-order valence-electron chi connectivity index (χ3n) is 5.94. The van der Waals surface area contributed by atoms with Crippen LogP contribution in [-0.4, -0.2) is 39.7 Å². The summed E-state index contributed by atoms with van der Waals surface area (Å²) in [6.45, 7) is 2.91. The molecule has 3 heterocycles. The van der Waals surface area contributed by atoms with Crippen molar-refractivity contribution < 1.29 is 22.8 Å². The van der Waals surface area contributed by atoms with Crippen molar-refractivity contribution in [1.29, 1.82) is 0 Å². The Labute approximate surface area is 193 Å². The first kappa shape index (κ1) is 23.3. The summed E-state index contributed by atoms with van der Waals surface area (Å²) in [5, 5.41) is 7.03. The molecule has 0 saturated carbocycles. The average molecular weight is 472 g/mol. The van der Waals surface area contributed by atoms with E-state index in [1.807, 2.05) is 12.1 Å². The normalized spacial score (nSPS) is 14.8. The largest absolute Gasteiger partial charge is 0.417 e. The number of nitrogens with one attached hydrogen (secondary N) is 1. The summed E-state index contributed by atoms with van der Waals surface area (Å²) >= 11 is 0. The number of rotatable bonds is 5. The fourth-order valence-electron chi connectivity index (χ4n) is 3.99. The minimum atomic E-state index is -4.49. The van der Waals surface area contributed by atoms with Gasteiger partial charge in [0.05, 0.1) is 34.4 Å². The van der Waals surface area contributed by atoms with Crippen LogP contribution in [0, 0.1) is 12.8 Å². The van der Waals surface area contributed by atoms with Gasteiger partial charge in [-0.05, 0) is 44.0 Å². The maximum absolute atomic E-state index is 13.0. The number of para-hydroxylation sites is 2. The first-order valence-electron chi connectivity index (χ1n) is 10.7. The second-order valence-corrected chi connectivity index (χ2v) is 8.09. The number of amides is 2. The lowest BCUT2D eigenvalue weighted by molar-refractivity contribution is -0.137. The number of hydrogen-bond donors (Lipinski definition) is 2. The van der Waals surface area contributed by atoms with Crippen molar-refractivity contribution in [3.8, 4) is 5.82 Å². The Bertz CT molecular complexity index is 1200. The van der Waals surface area contributed by atoms with Crippen LogP contribution in [0.25, 0.3) is 5.82 Å². The molecule has 4 rings (SSSR count). The number of halogens is 3. The van der Waals surface area contributed by atoms with Gasteiger partial charge in [0.1, 0.15) is 0 Å². The highest BCUT2D eigenvalue weighted by Crippen LogP contribution is 2.31. The van der Waals surface area contributed by atoms with Gasteiger partial charge in [-0.3, -0.25) is 9.59 Å². The quantitative estimate of drug-likeness (QED) is 0.591. The third kappa shape index (κ3) is 4.73.